The fourth-order valence-corrected chi connectivity index (χ4v) is 4.73. The number of unbranched alkanes of at least 4 members (excludes halogenated alkanes) is 1. The van der Waals surface area contributed by atoms with Gasteiger partial charge < -0.3 is 26.8 Å². The Bertz CT molecular complexity index is 1390. The molecule has 1 heterocycles. The molecule has 0 saturated carbocycles. The van der Waals surface area contributed by atoms with Crippen LogP contribution in [0.3, 0.4) is 0 Å². The van der Waals surface area contributed by atoms with Gasteiger partial charge in [-0.2, -0.15) is 5.01 Å². The van der Waals surface area contributed by atoms with Gasteiger partial charge in [-0.15, -0.1) is 0 Å². The number of hydrazine groups is 1. The van der Waals surface area contributed by atoms with Crippen LogP contribution in [0.15, 0.2) is 48.5 Å². The Morgan fingerprint density at radius 2 is 1.45 bits per heavy atom. The molecule has 42 heavy (non-hydrogen) atoms. The van der Waals surface area contributed by atoms with E-state index in [2.05, 4.69) is 10.7 Å². The number of carbonyl (C=O) groups excluding carboxylic acids is 4. The molecule has 0 spiro atoms. The summed E-state index contributed by atoms with van der Waals surface area (Å²) in [6.45, 7) is 0.564. The predicted molar refractivity (Wildman–Crippen MR) is 154 cm³/mol. The highest BCUT2D eigenvalue weighted by Crippen LogP contribution is 2.29. The number of ketones is 1. The molecule has 3 amide bonds. The van der Waals surface area contributed by atoms with Crippen LogP contribution >= 0.6 is 0 Å². The van der Waals surface area contributed by atoms with Crippen molar-refractivity contribution in [3.8, 4) is 0 Å². The van der Waals surface area contributed by atoms with Crippen molar-refractivity contribution in [1.29, 1.82) is 10.8 Å². The second kappa shape index (κ2) is 13.5. The first-order valence-electron chi connectivity index (χ1n) is 13.1. The summed E-state index contributed by atoms with van der Waals surface area (Å²) < 4.78 is 0. The van der Waals surface area contributed by atoms with Crippen molar-refractivity contribution in [3.63, 3.8) is 0 Å². The molecular weight excluding hydrogens is 544 g/mol. The van der Waals surface area contributed by atoms with E-state index in [1.165, 1.54) is 36.2 Å². The van der Waals surface area contributed by atoms with Crippen LogP contribution in [0, 0.1) is 10.8 Å². The minimum absolute atomic E-state index is 0.00733. The number of aliphatic carboxylic acids is 1. The average Bonchev–Trinajstić information content (AvgIpc) is 2.93. The van der Waals surface area contributed by atoms with Gasteiger partial charge in [-0.1, -0.05) is 18.6 Å². The summed E-state index contributed by atoms with van der Waals surface area (Å²) in [6.07, 6.45) is 0.543. The van der Waals surface area contributed by atoms with Crippen molar-refractivity contribution in [2.75, 3.05) is 25.0 Å². The van der Waals surface area contributed by atoms with Crippen LogP contribution in [0.1, 0.15) is 54.1 Å². The molecule has 9 N–H and O–H groups in total. The van der Waals surface area contributed by atoms with Crippen LogP contribution in [0.4, 0.5) is 5.69 Å². The van der Waals surface area contributed by atoms with E-state index >= 15 is 0 Å². The summed E-state index contributed by atoms with van der Waals surface area (Å²) in [4.78, 5) is 64.8. The van der Waals surface area contributed by atoms with Crippen molar-refractivity contribution in [3.05, 3.63) is 65.2 Å². The van der Waals surface area contributed by atoms with Gasteiger partial charge in [0, 0.05) is 41.9 Å². The van der Waals surface area contributed by atoms with Crippen LogP contribution in [0.2, 0.25) is 0 Å². The fraction of sp³-hybridized carbons (Fsp3) is 0.321. The molecule has 1 aliphatic rings. The summed E-state index contributed by atoms with van der Waals surface area (Å²) in [6, 6.07) is 12.3. The molecule has 0 aromatic heterocycles. The molecule has 0 aliphatic carbocycles. The third-order valence-corrected chi connectivity index (χ3v) is 6.97. The van der Waals surface area contributed by atoms with E-state index in [0.29, 0.717) is 23.2 Å². The van der Waals surface area contributed by atoms with Crippen LogP contribution in [0.5, 0.6) is 0 Å². The van der Waals surface area contributed by atoms with Crippen molar-refractivity contribution >= 4 is 46.8 Å². The zero-order valence-corrected chi connectivity index (χ0v) is 23.1. The predicted octanol–water partition coefficient (Wildman–Crippen LogP) is 0.655. The minimum Gasteiger partial charge on any atom is -0.480 e. The van der Waals surface area contributed by atoms with E-state index in [4.69, 9.17) is 22.3 Å². The summed E-state index contributed by atoms with van der Waals surface area (Å²) >= 11 is 0. The molecule has 14 heteroatoms. The highest BCUT2D eigenvalue weighted by atomic mass is 16.4. The summed E-state index contributed by atoms with van der Waals surface area (Å²) in [7, 11) is 0. The largest absolute Gasteiger partial charge is 0.480 e. The second-order valence-corrected chi connectivity index (χ2v) is 9.87. The fourth-order valence-electron chi connectivity index (χ4n) is 4.73. The molecule has 2 aromatic rings. The van der Waals surface area contributed by atoms with E-state index in [1.807, 2.05) is 0 Å². The van der Waals surface area contributed by atoms with E-state index in [0.717, 1.165) is 4.90 Å². The first-order chi connectivity index (χ1) is 19.8. The molecule has 1 atom stereocenters. The number of benzene rings is 2. The molecule has 0 bridgehead atoms. The molecule has 1 unspecified atom stereocenters. The topological polar surface area (TPSA) is 236 Å². The Balaban J connectivity index is 1.73. The van der Waals surface area contributed by atoms with Crippen LogP contribution in [0.25, 0.3) is 0 Å². The van der Waals surface area contributed by atoms with Gasteiger partial charge in [-0.3, -0.25) is 40.2 Å². The molecule has 14 nitrogen and oxygen atoms in total. The first-order valence-corrected chi connectivity index (χ1v) is 13.1. The zero-order valence-electron chi connectivity index (χ0n) is 23.1. The highest BCUT2D eigenvalue weighted by molar-refractivity contribution is 6.11. The standard InChI is InChI=1S/C28H34N8O6/c1-17(37)28(13-3-2-4-22(38)33-21-11-9-19(10-12-21)25(31)32)27(42)35(16-23(39)40)14-15-36(28)34-26(41)20-7-5-18(6-8-20)24(29)30/h5-12H,2-4,13-16H2,1H3,(H3,29,30)(H3,31,32)(H,33,38)(H,34,41)(H,39,40). The maximum absolute atomic E-state index is 13.6. The Morgan fingerprint density at radius 3 is 1.98 bits per heavy atom. The van der Waals surface area contributed by atoms with Crippen LogP contribution in [-0.4, -0.2) is 81.3 Å². The lowest BCUT2D eigenvalue weighted by Crippen LogP contribution is -2.73. The maximum atomic E-state index is 13.6. The van der Waals surface area contributed by atoms with Crippen molar-refractivity contribution < 1.29 is 29.1 Å². The number of nitrogens with two attached hydrogens (primary N) is 2. The van der Waals surface area contributed by atoms with E-state index in [9.17, 15) is 29.1 Å². The third-order valence-electron chi connectivity index (χ3n) is 6.97. The number of carbonyl (C=O) groups is 5. The van der Waals surface area contributed by atoms with Gasteiger partial charge in [0.15, 0.2) is 11.3 Å². The number of Topliss-reactive ketones (excluding diaryl/α,β-unsaturated/α-hetero) is 1. The smallest absolute Gasteiger partial charge is 0.323 e. The van der Waals surface area contributed by atoms with Gasteiger partial charge in [-0.05, 0) is 56.2 Å². The van der Waals surface area contributed by atoms with Gasteiger partial charge in [0.25, 0.3) is 11.8 Å². The second-order valence-electron chi connectivity index (χ2n) is 9.87. The zero-order chi connectivity index (χ0) is 31.0. The van der Waals surface area contributed by atoms with Crippen LogP contribution in [-0.2, 0) is 19.2 Å². The van der Waals surface area contributed by atoms with Crippen molar-refractivity contribution in [2.24, 2.45) is 11.5 Å². The number of piperazine rings is 1. The Hall–Kier alpha value is -5.11. The molecule has 1 fully saturated rings. The van der Waals surface area contributed by atoms with Gasteiger partial charge in [0.05, 0.1) is 0 Å². The summed E-state index contributed by atoms with van der Waals surface area (Å²) in [5, 5.41) is 28.2. The normalized spacial score (nSPS) is 16.9. The number of carboxylic acid groups (broad SMARTS) is 1. The number of amidine groups is 2. The molecular formula is C28H34N8O6. The maximum Gasteiger partial charge on any atom is 0.323 e. The Labute approximate surface area is 242 Å². The molecule has 3 rings (SSSR count). The number of carboxylic acids is 1. The van der Waals surface area contributed by atoms with Crippen molar-refractivity contribution in [2.45, 2.75) is 38.1 Å². The number of amides is 3. The average molecular weight is 579 g/mol. The SMILES string of the molecule is CC(=O)C1(CCCCC(=O)Nc2ccc(C(=N)N)cc2)C(=O)N(CC(=O)O)CCN1NC(=O)c1ccc(C(=N)N)cc1. The third kappa shape index (κ3) is 7.34. The van der Waals surface area contributed by atoms with E-state index in [1.54, 1.807) is 24.3 Å². The first kappa shape index (κ1) is 31.4. The van der Waals surface area contributed by atoms with Crippen molar-refractivity contribution in [1.82, 2.24) is 15.3 Å². The number of nitrogens with zero attached hydrogens (tertiary/aromatic N) is 2. The number of anilines is 1. The molecule has 222 valence electrons. The number of nitrogen functional groups attached to an aromatic ring is 2. The van der Waals surface area contributed by atoms with Gasteiger partial charge in [0.1, 0.15) is 18.2 Å². The van der Waals surface area contributed by atoms with Gasteiger partial charge in [-0.25, -0.2) is 0 Å². The summed E-state index contributed by atoms with van der Waals surface area (Å²) in [5.41, 5.74) is 13.3. The monoisotopic (exact) mass is 578 g/mol. The quantitative estimate of drug-likeness (QED) is 0.0763. The Morgan fingerprint density at radius 1 is 0.905 bits per heavy atom. The molecule has 2 aromatic carbocycles. The minimum atomic E-state index is -1.87. The number of rotatable bonds is 13. The number of hydrogen-bond donors (Lipinski definition) is 7. The molecule has 1 saturated heterocycles. The molecule has 1 aliphatic heterocycles. The number of hydrogen-bond acceptors (Lipinski definition) is 8. The highest BCUT2D eigenvalue weighted by Gasteiger charge is 2.53. The number of nitrogens with one attached hydrogen (secondary N) is 4. The summed E-state index contributed by atoms with van der Waals surface area (Å²) in [5.74, 6) is -3.73. The van der Waals surface area contributed by atoms with Gasteiger partial charge >= 0.3 is 5.97 Å². The lowest BCUT2D eigenvalue weighted by molar-refractivity contribution is -0.165. The lowest BCUT2D eigenvalue weighted by Gasteiger charge is -2.47. The Kier molecular flexibility index (Phi) is 10.1. The van der Waals surface area contributed by atoms with E-state index < -0.39 is 35.7 Å². The molecule has 0 radical (unpaired) electrons. The van der Waals surface area contributed by atoms with Gasteiger partial charge in [0.2, 0.25) is 5.91 Å². The lowest BCUT2D eigenvalue weighted by atomic mass is 9.84. The van der Waals surface area contributed by atoms with Crippen LogP contribution < -0.4 is 22.2 Å². The van der Waals surface area contributed by atoms with E-state index in [-0.39, 0.29) is 55.5 Å².